The lowest BCUT2D eigenvalue weighted by atomic mass is 9.96. The summed E-state index contributed by atoms with van der Waals surface area (Å²) >= 11 is 1.40. The molecule has 2 N–H and O–H groups in total. The summed E-state index contributed by atoms with van der Waals surface area (Å²) in [5.41, 5.74) is 7.05. The fourth-order valence-corrected chi connectivity index (χ4v) is 4.00. The summed E-state index contributed by atoms with van der Waals surface area (Å²) in [6, 6.07) is 7.62. The van der Waals surface area contributed by atoms with Crippen molar-refractivity contribution in [3.05, 3.63) is 34.8 Å². The molecule has 2 aromatic rings. The number of hydrogen-bond donors (Lipinski definition) is 1. The van der Waals surface area contributed by atoms with Gasteiger partial charge in [-0.05, 0) is 44.0 Å². The summed E-state index contributed by atoms with van der Waals surface area (Å²) in [4.78, 5) is 31.1. The van der Waals surface area contributed by atoms with Crippen molar-refractivity contribution in [2.45, 2.75) is 19.8 Å². The van der Waals surface area contributed by atoms with E-state index in [0.717, 1.165) is 22.0 Å². The maximum Gasteiger partial charge on any atom is 0.265 e. The highest BCUT2D eigenvalue weighted by Crippen LogP contribution is 2.30. The van der Waals surface area contributed by atoms with E-state index >= 15 is 0 Å². The molecular weight excluding hydrogens is 338 g/mol. The summed E-state index contributed by atoms with van der Waals surface area (Å²) in [6.45, 7) is 2.97. The number of rotatable bonds is 4. The summed E-state index contributed by atoms with van der Waals surface area (Å²) in [5, 5.41) is 0.815. The molecule has 1 aliphatic heterocycles. The van der Waals surface area contributed by atoms with E-state index in [0.29, 0.717) is 30.8 Å². The third-order valence-electron chi connectivity index (χ3n) is 4.51. The second-order valence-corrected chi connectivity index (χ2v) is 7.13. The quantitative estimate of drug-likeness (QED) is 0.909. The monoisotopic (exact) mass is 359 g/mol. The molecule has 0 spiro atoms. The van der Waals surface area contributed by atoms with Gasteiger partial charge >= 0.3 is 0 Å². The summed E-state index contributed by atoms with van der Waals surface area (Å²) < 4.78 is 5.17. The van der Waals surface area contributed by atoms with Crippen LogP contribution in [-0.4, -0.2) is 41.9 Å². The fraction of sp³-hybridized carbons (Fsp3) is 0.389. The van der Waals surface area contributed by atoms with Gasteiger partial charge in [-0.25, -0.2) is 4.98 Å². The first-order valence-corrected chi connectivity index (χ1v) is 9.01. The molecule has 0 aliphatic carbocycles. The number of hydrogen-bond acceptors (Lipinski definition) is 5. The number of methoxy groups -OCH3 is 1. The lowest BCUT2D eigenvalue weighted by Crippen LogP contribution is -2.41. The number of carbonyl (C=O) groups excluding carboxylic acids is 2. The van der Waals surface area contributed by atoms with Crippen molar-refractivity contribution < 1.29 is 14.3 Å². The zero-order valence-corrected chi connectivity index (χ0v) is 15.1. The number of aromatic nitrogens is 1. The Morgan fingerprint density at radius 3 is 2.44 bits per heavy atom. The summed E-state index contributed by atoms with van der Waals surface area (Å²) in [7, 11) is 1.63. The maximum atomic E-state index is 12.8. The Balaban J connectivity index is 1.75. The fourth-order valence-electron chi connectivity index (χ4n) is 2.96. The van der Waals surface area contributed by atoms with Gasteiger partial charge in [0.2, 0.25) is 5.91 Å². The second-order valence-electron chi connectivity index (χ2n) is 6.13. The molecule has 0 radical (unpaired) electrons. The van der Waals surface area contributed by atoms with Gasteiger partial charge in [-0.15, -0.1) is 11.3 Å². The van der Waals surface area contributed by atoms with Crippen LogP contribution in [0.25, 0.3) is 10.6 Å². The number of likely N-dealkylation sites (tertiary alicyclic amines) is 1. The smallest absolute Gasteiger partial charge is 0.265 e. The second kappa shape index (κ2) is 7.23. The first-order valence-electron chi connectivity index (χ1n) is 8.20. The number of nitrogens with zero attached hydrogens (tertiary/aromatic N) is 2. The molecule has 132 valence electrons. The number of primary amides is 1. The van der Waals surface area contributed by atoms with Crippen LogP contribution in [0.2, 0.25) is 0 Å². The molecule has 1 saturated heterocycles. The van der Waals surface area contributed by atoms with E-state index in [1.54, 1.807) is 12.0 Å². The highest BCUT2D eigenvalue weighted by Gasteiger charge is 2.28. The predicted molar refractivity (Wildman–Crippen MR) is 96.7 cm³/mol. The van der Waals surface area contributed by atoms with Gasteiger partial charge in [-0.3, -0.25) is 9.59 Å². The van der Waals surface area contributed by atoms with Crippen LogP contribution in [0, 0.1) is 12.8 Å². The molecule has 1 aromatic heterocycles. The molecule has 1 aliphatic rings. The number of benzene rings is 1. The van der Waals surface area contributed by atoms with Crippen LogP contribution in [-0.2, 0) is 4.79 Å². The normalized spacial score (nSPS) is 15.2. The SMILES string of the molecule is COc1ccc(-c2nc(C)c(C(=O)N3CCC(C(N)=O)CC3)s2)cc1. The number of thiazole rings is 1. The first kappa shape index (κ1) is 17.4. The van der Waals surface area contributed by atoms with Crippen molar-refractivity contribution in [3.8, 4) is 16.3 Å². The highest BCUT2D eigenvalue weighted by atomic mass is 32.1. The van der Waals surface area contributed by atoms with Crippen molar-refractivity contribution in [2.24, 2.45) is 11.7 Å². The van der Waals surface area contributed by atoms with Gasteiger partial charge in [0.15, 0.2) is 0 Å². The molecule has 25 heavy (non-hydrogen) atoms. The van der Waals surface area contributed by atoms with Crippen LogP contribution in [0.15, 0.2) is 24.3 Å². The number of carbonyl (C=O) groups is 2. The Kier molecular flexibility index (Phi) is 5.03. The lowest BCUT2D eigenvalue weighted by molar-refractivity contribution is -0.123. The third-order valence-corrected chi connectivity index (χ3v) is 5.71. The average Bonchev–Trinajstić information content (AvgIpc) is 3.03. The van der Waals surface area contributed by atoms with E-state index in [1.165, 1.54) is 11.3 Å². The molecule has 0 saturated carbocycles. The molecule has 6 nitrogen and oxygen atoms in total. The molecule has 7 heteroatoms. The molecule has 0 bridgehead atoms. The van der Waals surface area contributed by atoms with Gasteiger partial charge in [-0.1, -0.05) is 0 Å². The number of ether oxygens (including phenoxy) is 1. The van der Waals surface area contributed by atoms with Gasteiger partial charge in [0.25, 0.3) is 5.91 Å². The minimum Gasteiger partial charge on any atom is -0.497 e. The number of piperidine rings is 1. The predicted octanol–water partition coefficient (Wildman–Crippen LogP) is 2.46. The van der Waals surface area contributed by atoms with Crippen LogP contribution < -0.4 is 10.5 Å². The Hall–Kier alpha value is -2.41. The number of nitrogens with two attached hydrogens (primary N) is 1. The van der Waals surface area contributed by atoms with E-state index < -0.39 is 0 Å². The maximum absolute atomic E-state index is 12.8. The molecule has 2 amide bonds. The van der Waals surface area contributed by atoms with Gasteiger partial charge in [0.1, 0.15) is 15.6 Å². The van der Waals surface area contributed by atoms with E-state index in [1.807, 2.05) is 31.2 Å². The minimum absolute atomic E-state index is 0.0160. The molecule has 1 aromatic carbocycles. The zero-order valence-electron chi connectivity index (χ0n) is 14.3. The molecule has 0 unspecified atom stereocenters. The van der Waals surface area contributed by atoms with Crippen molar-refractivity contribution in [3.63, 3.8) is 0 Å². The zero-order chi connectivity index (χ0) is 18.0. The third kappa shape index (κ3) is 3.66. The highest BCUT2D eigenvalue weighted by molar-refractivity contribution is 7.17. The lowest BCUT2D eigenvalue weighted by Gasteiger charge is -2.30. The summed E-state index contributed by atoms with van der Waals surface area (Å²) in [6.07, 6.45) is 1.26. The molecule has 2 heterocycles. The van der Waals surface area contributed by atoms with Crippen molar-refractivity contribution in [1.29, 1.82) is 0 Å². The molecule has 0 atom stereocenters. The van der Waals surface area contributed by atoms with Crippen molar-refractivity contribution in [2.75, 3.05) is 20.2 Å². The molecule has 3 rings (SSSR count). The molecular formula is C18H21N3O3S. The van der Waals surface area contributed by atoms with E-state index in [2.05, 4.69) is 4.98 Å². The minimum atomic E-state index is -0.275. The largest absolute Gasteiger partial charge is 0.497 e. The Bertz CT molecular complexity index is 777. The van der Waals surface area contributed by atoms with Crippen LogP contribution in [0.5, 0.6) is 5.75 Å². The Morgan fingerprint density at radius 1 is 1.24 bits per heavy atom. The standard InChI is InChI=1S/C18H21N3O3S/c1-11-15(18(23)21-9-7-12(8-10-21)16(19)22)25-17(20-11)13-3-5-14(24-2)6-4-13/h3-6,12H,7-10H2,1-2H3,(H2,19,22). The van der Waals surface area contributed by atoms with E-state index in [-0.39, 0.29) is 17.7 Å². The van der Waals surface area contributed by atoms with Crippen molar-refractivity contribution >= 4 is 23.2 Å². The molecule has 1 fully saturated rings. The average molecular weight is 359 g/mol. The Labute approximate surface area is 150 Å². The van der Waals surface area contributed by atoms with Crippen LogP contribution in [0.1, 0.15) is 28.2 Å². The first-order chi connectivity index (χ1) is 12.0. The van der Waals surface area contributed by atoms with Crippen LogP contribution in [0.3, 0.4) is 0 Å². The number of amides is 2. The van der Waals surface area contributed by atoms with E-state index in [4.69, 9.17) is 10.5 Å². The van der Waals surface area contributed by atoms with Gasteiger partial charge < -0.3 is 15.4 Å². The van der Waals surface area contributed by atoms with Crippen LogP contribution in [0.4, 0.5) is 0 Å². The van der Waals surface area contributed by atoms with Crippen molar-refractivity contribution in [1.82, 2.24) is 9.88 Å². The Morgan fingerprint density at radius 2 is 1.88 bits per heavy atom. The van der Waals surface area contributed by atoms with Crippen LogP contribution >= 0.6 is 11.3 Å². The van der Waals surface area contributed by atoms with Gasteiger partial charge in [0.05, 0.1) is 12.8 Å². The summed E-state index contributed by atoms with van der Waals surface area (Å²) in [5.74, 6) is 0.368. The number of aryl methyl sites for hydroxylation is 1. The topological polar surface area (TPSA) is 85.5 Å². The van der Waals surface area contributed by atoms with Gasteiger partial charge in [0, 0.05) is 24.6 Å². The van der Waals surface area contributed by atoms with E-state index in [9.17, 15) is 9.59 Å². The van der Waals surface area contributed by atoms with Gasteiger partial charge in [-0.2, -0.15) is 0 Å².